The number of ether oxygens (including phenoxy) is 1. The van der Waals surface area contributed by atoms with Crippen molar-refractivity contribution < 1.29 is 9.53 Å². The lowest BCUT2D eigenvalue weighted by atomic mass is 10.1. The Hall–Kier alpha value is -2.34. The van der Waals surface area contributed by atoms with Crippen molar-refractivity contribution in [2.24, 2.45) is 0 Å². The molecule has 1 aromatic heterocycles. The lowest BCUT2D eigenvalue weighted by Crippen LogP contribution is -2.46. The molecule has 0 aliphatic carbocycles. The van der Waals surface area contributed by atoms with Crippen molar-refractivity contribution in [2.45, 2.75) is 13.3 Å². The number of urea groups is 1. The lowest BCUT2D eigenvalue weighted by Gasteiger charge is -2.26. The topological polar surface area (TPSA) is 74.4 Å². The molecule has 1 aliphatic heterocycles. The van der Waals surface area contributed by atoms with E-state index in [2.05, 4.69) is 16.4 Å². The Kier molecular flexibility index (Phi) is 4.62. The van der Waals surface area contributed by atoms with Crippen molar-refractivity contribution in [2.75, 3.05) is 32.8 Å². The molecule has 2 heterocycles. The van der Waals surface area contributed by atoms with E-state index in [1.54, 1.807) is 11.8 Å². The number of fused-ring (bicyclic) bond motifs is 1. The number of aromatic nitrogens is 1. The molecular weight excluding hydrogens is 294 g/mol. The van der Waals surface area contributed by atoms with Gasteiger partial charge in [0.25, 0.3) is 5.56 Å². The Balaban J connectivity index is 1.59. The van der Waals surface area contributed by atoms with Gasteiger partial charge in [-0.2, -0.15) is 0 Å². The molecule has 6 heteroatoms. The number of nitrogens with one attached hydrogen (secondary N) is 2. The number of morpholine rings is 1. The minimum atomic E-state index is -0.0528. The number of carbonyl (C=O) groups excluding carboxylic acids is 1. The van der Waals surface area contributed by atoms with Crippen LogP contribution in [0.4, 0.5) is 4.79 Å². The number of aromatic amines is 1. The monoisotopic (exact) mass is 315 g/mol. The summed E-state index contributed by atoms with van der Waals surface area (Å²) in [6, 6.07) is 7.81. The van der Waals surface area contributed by atoms with Crippen LogP contribution < -0.4 is 10.9 Å². The number of aryl methyl sites for hydroxylation is 1. The third-order valence-electron chi connectivity index (χ3n) is 4.08. The Labute approximate surface area is 134 Å². The van der Waals surface area contributed by atoms with Gasteiger partial charge in [-0.3, -0.25) is 4.79 Å². The number of hydrogen-bond donors (Lipinski definition) is 2. The highest BCUT2D eigenvalue weighted by Crippen LogP contribution is 2.14. The average molecular weight is 315 g/mol. The summed E-state index contributed by atoms with van der Waals surface area (Å²) in [5, 5.41) is 3.96. The second-order valence-corrected chi connectivity index (χ2v) is 5.78. The maximum absolute atomic E-state index is 12.0. The first kappa shape index (κ1) is 15.6. The van der Waals surface area contributed by atoms with E-state index in [0.717, 1.165) is 22.9 Å². The van der Waals surface area contributed by atoms with Crippen molar-refractivity contribution in [1.82, 2.24) is 15.2 Å². The van der Waals surface area contributed by atoms with Crippen LogP contribution in [0.25, 0.3) is 10.9 Å². The van der Waals surface area contributed by atoms with Crippen LogP contribution >= 0.6 is 0 Å². The summed E-state index contributed by atoms with van der Waals surface area (Å²) >= 11 is 0. The molecule has 0 saturated carbocycles. The summed E-state index contributed by atoms with van der Waals surface area (Å²) in [6.45, 7) is 4.89. The number of hydrogen-bond acceptors (Lipinski definition) is 3. The van der Waals surface area contributed by atoms with Gasteiger partial charge in [-0.05, 0) is 42.5 Å². The molecule has 1 saturated heterocycles. The van der Waals surface area contributed by atoms with E-state index in [0.29, 0.717) is 38.4 Å². The predicted molar refractivity (Wildman–Crippen MR) is 88.8 cm³/mol. The summed E-state index contributed by atoms with van der Waals surface area (Å²) in [4.78, 5) is 28.2. The van der Waals surface area contributed by atoms with Crippen LogP contribution in [-0.4, -0.2) is 48.8 Å². The van der Waals surface area contributed by atoms with Gasteiger partial charge < -0.3 is 19.9 Å². The van der Waals surface area contributed by atoms with Crippen molar-refractivity contribution in [3.05, 3.63) is 45.7 Å². The third-order valence-corrected chi connectivity index (χ3v) is 4.08. The van der Waals surface area contributed by atoms with E-state index in [1.807, 2.05) is 18.2 Å². The largest absolute Gasteiger partial charge is 0.378 e. The fraction of sp³-hybridized carbons (Fsp3) is 0.412. The zero-order chi connectivity index (χ0) is 16.2. The molecule has 0 radical (unpaired) electrons. The number of benzene rings is 1. The zero-order valence-corrected chi connectivity index (χ0v) is 13.2. The molecular formula is C17H21N3O3. The summed E-state index contributed by atoms with van der Waals surface area (Å²) in [6.07, 6.45) is 0.754. The lowest BCUT2D eigenvalue weighted by molar-refractivity contribution is 0.0533. The van der Waals surface area contributed by atoms with E-state index in [-0.39, 0.29) is 11.6 Å². The average Bonchev–Trinajstić information content (AvgIpc) is 2.57. The van der Waals surface area contributed by atoms with Gasteiger partial charge >= 0.3 is 6.03 Å². The van der Waals surface area contributed by atoms with Gasteiger partial charge in [0.15, 0.2) is 0 Å². The van der Waals surface area contributed by atoms with Crippen LogP contribution in [0.5, 0.6) is 0 Å². The van der Waals surface area contributed by atoms with Gasteiger partial charge in [-0.15, -0.1) is 0 Å². The fourth-order valence-corrected chi connectivity index (χ4v) is 2.71. The molecule has 122 valence electrons. The second kappa shape index (κ2) is 6.83. The standard InChI is InChI=1S/C17H21N3O3/c1-12-10-14-11-13(2-3-15(14)19-16(12)21)4-5-18-17(22)20-6-8-23-9-7-20/h2-3,10-11H,4-9H2,1H3,(H,18,22)(H,19,21). The predicted octanol–water partition coefficient (Wildman–Crippen LogP) is 1.42. The van der Waals surface area contributed by atoms with E-state index >= 15 is 0 Å². The number of amides is 2. The van der Waals surface area contributed by atoms with Crippen LogP contribution in [0.1, 0.15) is 11.1 Å². The van der Waals surface area contributed by atoms with E-state index in [9.17, 15) is 9.59 Å². The Morgan fingerprint density at radius 2 is 2.09 bits per heavy atom. The summed E-state index contributed by atoms with van der Waals surface area (Å²) in [7, 11) is 0. The third kappa shape index (κ3) is 3.71. The Morgan fingerprint density at radius 1 is 1.30 bits per heavy atom. The van der Waals surface area contributed by atoms with Crippen molar-refractivity contribution in [3.8, 4) is 0 Å². The smallest absolute Gasteiger partial charge is 0.317 e. The van der Waals surface area contributed by atoms with Gasteiger partial charge in [0.2, 0.25) is 0 Å². The second-order valence-electron chi connectivity index (χ2n) is 5.78. The molecule has 2 amide bonds. The van der Waals surface area contributed by atoms with Crippen molar-refractivity contribution in [1.29, 1.82) is 0 Å². The molecule has 3 rings (SSSR count). The van der Waals surface area contributed by atoms with Gasteiger partial charge in [0, 0.05) is 30.7 Å². The SMILES string of the molecule is Cc1cc2cc(CCNC(=O)N3CCOCC3)ccc2[nH]c1=O. The molecule has 23 heavy (non-hydrogen) atoms. The maximum atomic E-state index is 12.0. The summed E-state index contributed by atoms with van der Waals surface area (Å²) < 4.78 is 5.24. The zero-order valence-electron chi connectivity index (χ0n) is 13.2. The molecule has 2 aromatic rings. The normalized spacial score (nSPS) is 14.9. The highest BCUT2D eigenvalue weighted by Gasteiger charge is 2.15. The molecule has 0 bridgehead atoms. The highest BCUT2D eigenvalue weighted by molar-refractivity contribution is 5.79. The van der Waals surface area contributed by atoms with Crippen LogP contribution in [0.2, 0.25) is 0 Å². The number of pyridine rings is 1. The quantitative estimate of drug-likeness (QED) is 0.899. The number of carbonyl (C=O) groups is 1. The van der Waals surface area contributed by atoms with Gasteiger partial charge in [-0.1, -0.05) is 6.07 Å². The maximum Gasteiger partial charge on any atom is 0.317 e. The van der Waals surface area contributed by atoms with E-state index in [1.165, 1.54) is 0 Å². The first-order valence-corrected chi connectivity index (χ1v) is 7.86. The van der Waals surface area contributed by atoms with Crippen molar-refractivity contribution in [3.63, 3.8) is 0 Å². The number of H-pyrrole nitrogens is 1. The van der Waals surface area contributed by atoms with Crippen LogP contribution in [0.15, 0.2) is 29.1 Å². The van der Waals surface area contributed by atoms with Crippen LogP contribution in [0.3, 0.4) is 0 Å². The van der Waals surface area contributed by atoms with Gasteiger partial charge in [0.05, 0.1) is 13.2 Å². The number of nitrogens with zero attached hydrogens (tertiary/aromatic N) is 1. The Morgan fingerprint density at radius 3 is 2.87 bits per heavy atom. The molecule has 1 fully saturated rings. The minimum absolute atomic E-state index is 0.0331. The molecule has 1 aromatic carbocycles. The first-order valence-electron chi connectivity index (χ1n) is 7.86. The Bertz CT molecular complexity index is 763. The van der Waals surface area contributed by atoms with Gasteiger partial charge in [-0.25, -0.2) is 4.79 Å². The van der Waals surface area contributed by atoms with Crippen LogP contribution in [0, 0.1) is 6.92 Å². The van der Waals surface area contributed by atoms with Crippen LogP contribution in [-0.2, 0) is 11.2 Å². The molecule has 1 aliphatic rings. The van der Waals surface area contributed by atoms with E-state index in [4.69, 9.17) is 4.74 Å². The summed E-state index contributed by atoms with van der Waals surface area (Å²) in [5.74, 6) is 0. The highest BCUT2D eigenvalue weighted by atomic mass is 16.5. The molecule has 2 N–H and O–H groups in total. The molecule has 0 atom stereocenters. The van der Waals surface area contributed by atoms with Gasteiger partial charge in [0.1, 0.15) is 0 Å². The molecule has 0 unspecified atom stereocenters. The summed E-state index contributed by atoms with van der Waals surface area (Å²) in [5.41, 5.74) is 2.62. The first-order chi connectivity index (χ1) is 11.1. The van der Waals surface area contributed by atoms with E-state index < -0.39 is 0 Å². The van der Waals surface area contributed by atoms with Crippen molar-refractivity contribution >= 4 is 16.9 Å². The fourth-order valence-electron chi connectivity index (χ4n) is 2.71. The molecule has 0 spiro atoms. The number of rotatable bonds is 3. The minimum Gasteiger partial charge on any atom is -0.378 e. The molecule has 6 nitrogen and oxygen atoms in total.